The normalized spacial score (nSPS) is 11.6. The number of carbonyl (C=O) groups is 1. The molecule has 0 fully saturated rings. The predicted octanol–water partition coefficient (Wildman–Crippen LogP) is 3.57. The van der Waals surface area contributed by atoms with Gasteiger partial charge in [0.05, 0.1) is 27.4 Å². The standard InChI is InChI=1S/C21H18N4O2S/c1-3-12-25-20(27)16-9-5-7-11-18(16)24-21(25)28-14(2)19(26)23-17-10-6-4-8-15(17)13-22/h3-11,14H,1,12H2,2H3,(H,23,26). The van der Waals surface area contributed by atoms with Crippen LogP contribution in [0.2, 0.25) is 0 Å². The number of allylic oxidation sites excluding steroid dienone is 1. The highest BCUT2D eigenvalue weighted by molar-refractivity contribution is 8.00. The maximum atomic E-state index is 12.8. The zero-order valence-corrected chi connectivity index (χ0v) is 16.1. The summed E-state index contributed by atoms with van der Waals surface area (Å²) in [6, 6.07) is 16.0. The topological polar surface area (TPSA) is 87.8 Å². The Morgan fingerprint density at radius 2 is 2.04 bits per heavy atom. The molecule has 28 heavy (non-hydrogen) atoms. The molecule has 0 aliphatic heterocycles. The molecule has 1 N–H and O–H groups in total. The van der Waals surface area contributed by atoms with Gasteiger partial charge in [0.25, 0.3) is 5.56 Å². The van der Waals surface area contributed by atoms with E-state index in [1.165, 1.54) is 16.3 Å². The van der Waals surface area contributed by atoms with Crippen LogP contribution in [0.4, 0.5) is 5.69 Å². The zero-order chi connectivity index (χ0) is 20.1. The number of nitrogens with one attached hydrogen (secondary N) is 1. The van der Waals surface area contributed by atoms with Gasteiger partial charge in [0.15, 0.2) is 5.16 Å². The Balaban J connectivity index is 1.90. The molecule has 1 unspecified atom stereocenters. The van der Waals surface area contributed by atoms with Gasteiger partial charge in [0, 0.05) is 6.54 Å². The number of rotatable bonds is 6. The van der Waals surface area contributed by atoms with Gasteiger partial charge in [-0.1, -0.05) is 42.1 Å². The van der Waals surface area contributed by atoms with Gasteiger partial charge in [-0.15, -0.1) is 6.58 Å². The van der Waals surface area contributed by atoms with Crippen LogP contribution in [0.25, 0.3) is 10.9 Å². The van der Waals surface area contributed by atoms with E-state index in [0.717, 1.165) is 0 Å². The summed E-state index contributed by atoms with van der Waals surface area (Å²) in [7, 11) is 0. The molecule has 1 aromatic heterocycles. The highest BCUT2D eigenvalue weighted by Gasteiger charge is 2.20. The maximum Gasteiger partial charge on any atom is 0.262 e. The van der Waals surface area contributed by atoms with E-state index >= 15 is 0 Å². The summed E-state index contributed by atoms with van der Waals surface area (Å²) < 4.78 is 1.51. The molecule has 3 rings (SSSR count). The van der Waals surface area contributed by atoms with Crippen molar-refractivity contribution in [3.63, 3.8) is 0 Å². The average molecular weight is 390 g/mol. The number of nitrogens with zero attached hydrogens (tertiary/aromatic N) is 3. The molecule has 0 aliphatic rings. The zero-order valence-electron chi connectivity index (χ0n) is 15.3. The molecular formula is C21H18N4O2S. The van der Waals surface area contributed by atoms with Crippen molar-refractivity contribution in [1.82, 2.24) is 9.55 Å². The fourth-order valence-electron chi connectivity index (χ4n) is 2.66. The van der Waals surface area contributed by atoms with Crippen molar-refractivity contribution in [1.29, 1.82) is 5.26 Å². The third kappa shape index (κ3) is 3.97. The van der Waals surface area contributed by atoms with E-state index < -0.39 is 5.25 Å². The highest BCUT2D eigenvalue weighted by atomic mass is 32.2. The lowest BCUT2D eigenvalue weighted by molar-refractivity contribution is -0.115. The summed E-state index contributed by atoms with van der Waals surface area (Å²) in [4.78, 5) is 30.0. The number of benzene rings is 2. The first-order chi connectivity index (χ1) is 13.5. The maximum absolute atomic E-state index is 12.8. The molecule has 0 saturated heterocycles. The lowest BCUT2D eigenvalue weighted by Crippen LogP contribution is -2.27. The molecule has 0 bridgehead atoms. The largest absolute Gasteiger partial charge is 0.324 e. The number of aromatic nitrogens is 2. The molecule has 3 aromatic rings. The van der Waals surface area contributed by atoms with Crippen molar-refractivity contribution in [2.75, 3.05) is 5.32 Å². The molecule has 1 heterocycles. The van der Waals surface area contributed by atoms with Gasteiger partial charge in [-0.2, -0.15) is 5.26 Å². The van der Waals surface area contributed by atoms with E-state index in [-0.39, 0.29) is 11.5 Å². The molecule has 0 radical (unpaired) electrons. The van der Waals surface area contributed by atoms with E-state index in [0.29, 0.717) is 33.9 Å². The summed E-state index contributed by atoms with van der Waals surface area (Å²) >= 11 is 1.19. The van der Waals surface area contributed by atoms with Gasteiger partial charge < -0.3 is 5.32 Å². The summed E-state index contributed by atoms with van der Waals surface area (Å²) in [5.41, 5.74) is 1.26. The number of nitriles is 1. The number of hydrogen-bond donors (Lipinski definition) is 1. The SMILES string of the molecule is C=CCn1c(SC(C)C(=O)Nc2ccccc2C#N)nc2ccccc2c1=O. The van der Waals surface area contributed by atoms with Gasteiger partial charge in [0.1, 0.15) is 6.07 Å². The number of anilines is 1. The third-order valence-corrected chi connectivity index (χ3v) is 5.19. The lowest BCUT2D eigenvalue weighted by Gasteiger charge is -2.16. The van der Waals surface area contributed by atoms with Crippen molar-refractivity contribution in [2.45, 2.75) is 23.9 Å². The first-order valence-electron chi connectivity index (χ1n) is 8.62. The molecule has 0 aliphatic carbocycles. The van der Waals surface area contributed by atoms with Crippen LogP contribution >= 0.6 is 11.8 Å². The summed E-state index contributed by atoms with van der Waals surface area (Å²) in [5.74, 6) is -0.278. The second kappa shape index (κ2) is 8.55. The number of thioether (sulfide) groups is 1. The van der Waals surface area contributed by atoms with Crippen molar-refractivity contribution >= 4 is 34.3 Å². The van der Waals surface area contributed by atoms with E-state index in [4.69, 9.17) is 5.26 Å². The van der Waals surface area contributed by atoms with Crippen LogP contribution < -0.4 is 10.9 Å². The number of hydrogen-bond acceptors (Lipinski definition) is 5. The molecule has 1 amide bonds. The van der Waals surface area contributed by atoms with Crippen molar-refractivity contribution in [3.8, 4) is 6.07 Å². The first-order valence-corrected chi connectivity index (χ1v) is 9.50. The smallest absolute Gasteiger partial charge is 0.262 e. The van der Waals surface area contributed by atoms with Crippen molar-refractivity contribution in [3.05, 3.63) is 77.1 Å². The quantitative estimate of drug-likeness (QED) is 0.395. The minimum Gasteiger partial charge on any atom is -0.324 e. The van der Waals surface area contributed by atoms with Gasteiger partial charge in [-0.3, -0.25) is 14.2 Å². The second-order valence-electron chi connectivity index (χ2n) is 6.02. The minimum atomic E-state index is -0.532. The number of carbonyl (C=O) groups excluding carboxylic acids is 1. The van der Waals surface area contributed by atoms with Crippen molar-refractivity contribution in [2.24, 2.45) is 0 Å². The second-order valence-corrected chi connectivity index (χ2v) is 7.33. The fraction of sp³-hybridized carbons (Fsp3) is 0.143. The molecule has 0 saturated carbocycles. The third-order valence-electron chi connectivity index (χ3n) is 4.10. The van der Waals surface area contributed by atoms with Crippen LogP contribution in [-0.4, -0.2) is 20.7 Å². The highest BCUT2D eigenvalue weighted by Crippen LogP contribution is 2.24. The monoisotopic (exact) mass is 390 g/mol. The fourth-order valence-corrected chi connectivity index (χ4v) is 3.58. The number of amides is 1. The molecule has 7 heteroatoms. The summed E-state index contributed by atoms with van der Waals surface area (Å²) in [6.07, 6.45) is 1.62. The number of para-hydroxylation sites is 2. The Hall–Kier alpha value is -3.37. The number of fused-ring (bicyclic) bond motifs is 1. The Morgan fingerprint density at radius 1 is 1.32 bits per heavy atom. The van der Waals surface area contributed by atoms with Crippen LogP contribution in [0.1, 0.15) is 12.5 Å². The van der Waals surface area contributed by atoms with E-state index in [1.54, 1.807) is 55.5 Å². The molecular weight excluding hydrogens is 372 g/mol. The van der Waals surface area contributed by atoms with Crippen LogP contribution in [0.5, 0.6) is 0 Å². The Kier molecular flexibility index (Phi) is 5.92. The molecule has 140 valence electrons. The van der Waals surface area contributed by atoms with Crippen LogP contribution in [0, 0.1) is 11.3 Å². The van der Waals surface area contributed by atoms with E-state index in [2.05, 4.69) is 22.9 Å². The predicted molar refractivity (Wildman–Crippen MR) is 111 cm³/mol. The summed E-state index contributed by atoms with van der Waals surface area (Å²) in [5, 5.41) is 12.4. The Bertz CT molecular complexity index is 1150. The van der Waals surface area contributed by atoms with Gasteiger partial charge in [0.2, 0.25) is 5.91 Å². The van der Waals surface area contributed by atoms with Crippen LogP contribution in [0.15, 0.2) is 71.1 Å². The molecule has 2 aromatic carbocycles. The first kappa shape index (κ1) is 19.4. The van der Waals surface area contributed by atoms with E-state index in [1.807, 2.05) is 6.07 Å². The van der Waals surface area contributed by atoms with Crippen molar-refractivity contribution < 1.29 is 4.79 Å². The van der Waals surface area contributed by atoms with Gasteiger partial charge in [-0.25, -0.2) is 4.98 Å². The van der Waals surface area contributed by atoms with Gasteiger partial charge in [-0.05, 0) is 31.2 Å². The minimum absolute atomic E-state index is 0.171. The summed E-state index contributed by atoms with van der Waals surface area (Å²) in [6.45, 7) is 5.73. The van der Waals surface area contributed by atoms with Crippen LogP contribution in [-0.2, 0) is 11.3 Å². The Labute approximate surface area is 166 Å². The average Bonchev–Trinajstić information content (AvgIpc) is 2.71. The lowest BCUT2D eigenvalue weighted by atomic mass is 10.2. The molecule has 6 nitrogen and oxygen atoms in total. The molecule has 0 spiro atoms. The van der Waals surface area contributed by atoms with Crippen LogP contribution in [0.3, 0.4) is 0 Å². The van der Waals surface area contributed by atoms with E-state index in [9.17, 15) is 9.59 Å². The van der Waals surface area contributed by atoms with Gasteiger partial charge >= 0.3 is 0 Å². The molecule has 1 atom stereocenters. The Morgan fingerprint density at radius 3 is 2.79 bits per heavy atom.